The molecule has 0 bridgehead atoms. The highest BCUT2D eigenvalue weighted by atomic mass is 16.5. The Kier molecular flexibility index (Phi) is 3.43. The lowest BCUT2D eigenvalue weighted by Gasteiger charge is -2.01. The van der Waals surface area contributed by atoms with Crippen molar-refractivity contribution >= 4 is 17.7 Å². The zero-order valence-corrected chi connectivity index (χ0v) is 8.69. The van der Waals surface area contributed by atoms with E-state index in [1.807, 2.05) is 0 Å². The molecule has 0 aromatic carbocycles. The molecule has 1 rings (SSSR count). The van der Waals surface area contributed by atoms with E-state index in [1.54, 1.807) is 13.8 Å². The highest BCUT2D eigenvalue weighted by Crippen LogP contribution is 2.12. The first-order valence-electron chi connectivity index (χ1n) is 4.65. The summed E-state index contributed by atoms with van der Waals surface area (Å²) >= 11 is 0. The molecule has 1 aromatic heterocycles. The Hall–Kier alpha value is -1.85. The van der Waals surface area contributed by atoms with Crippen LogP contribution in [0.4, 0.5) is 5.82 Å². The molecule has 0 fully saturated rings. The average Bonchev–Trinajstić information content (AvgIpc) is 2.59. The molecule has 0 radical (unpaired) electrons. The van der Waals surface area contributed by atoms with E-state index in [0.717, 1.165) is 4.68 Å². The summed E-state index contributed by atoms with van der Waals surface area (Å²) in [5.74, 6) is -0.798. The van der Waals surface area contributed by atoms with Crippen LogP contribution in [-0.2, 0) is 4.74 Å². The van der Waals surface area contributed by atoms with Crippen LogP contribution in [0, 0.1) is 0 Å². The number of ether oxygens (including phenoxy) is 1. The third kappa shape index (κ3) is 2.15. The third-order valence-corrected chi connectivity index (χ3v) is 1.84. The number of hydrogen-bond donors (Lipinski definition) is 1. The molecule has 0 aliphatic rings. The van der Waals surface area contributed by atoms with Crippen LogP contribution in [0.2, 0.25) is 0 Å². The quantitative estimate of drug-likeness (QED) is 0.743. The minimum Gasteiger partial charge on any atom is -0.462 e. The van der Waals surface area contributed by atoms with Crippen LogP contribution in [-0.4, -0.2) is 28.3 Å². The number of aromatic nitrogens is 2. The van der Waals surface area contributed by atoms with E-state index in [4.69, 9.17) is 10.5 Å². The van der Waals surface area contributed by atoms with Crippen molar-refractivity contribution < 1.29 is 14.3 Å². The normalized spacial score (nSPS) is 10.0. The number of esters is 1. The van der Waals surface area contributed by atoms with Crippen LogP contribution in [0.5, 0.6) is 0 Å². The number of carbonyl (C=O) groups excluding carboxylic acids is 2. The van der Waals surface area contributed by atoms with Crippen molar-refractivity contribution in [2.75, 3.05) is 12.3 Å². The molecule has 1 aromatic rings. The molecule has 0 aliphatic heterocycles. The summed E-state index contributed by atoms with van der Waals surface area (Å²) in [6.45, 7) is 3.63. The maximum absolute atomic E-state index is 11.3. The minimum atomic E-state index is -0.565. The van der Waals surface area contributed by atoms with E-state index in [2.05, 4.69) is 5.10 Å². The van der Waals surface area contributed by atoms with Gasteiger partial charge in [-0.3, -0.25) is 4.79 Å². The fourth-order valence-corrected chi connectivity index (χ4v) is 1.07. The molecule has 6 nitrogen and oxygen atoms in total. The van der Waals surface area contributed by atoms with Crippen molar-refractivity contribution in [3.63, 3.8) is 0 Å². The van der Waals surface area contributed by atoms with Gasteiger partial charge in [0.25, 0.3) is 0 Å². The molecular weight excluding hydrogens is 198 g/mol. The zero-order valence-electron chi connectivity index (χ0n) is 8.69. The monoisotopic (exact) mass is 211 g/mol. The van der Waals surface area contributed by atoms with Gasteiger partial charge in [0, 0.05) is 6.42 Å². The van der Waals surface area contributed by atoms with Crippen molar-refractivity contribution in [3.8, 4) is 0 Å². The smallest absolute Gasteiger partial charge is 0.343 e. The summed E-state index contributed by atoms with van der Waals surface area (Å²) in [6, 6.07) is 0. The second kappa shape index (κ2) is 4.59. The van der Waals surface area contributed by atoms with Crippen LogP contribution in [0.25, 0.3) is 0 Å². The predicted octanol–water partition coefficient (Wildman–Crippen LogP) is 0.692. The summed E-state index contributed by atoms with van der Waals surface area (Å²) in [5.41, 5.74) is 5.71. The van der Waals surface area contributed by atoms with E-state index in [9.17, 15) is 9.59 Å². The van der Waals surface area contributed by atoms with Crippen LogP contribution < -0.4 is 5.73 Å². The van der Waals surface area contributed by atoms with Gasteiger partial charge in [-0.15, -0.1) is 0 Å². The molecule has 1 heterocycles. The topological polar surface area (TPSA) is 87.2 Å². The molecule has 15 heavy (non-hydrogen) atoms. The molecular formula is C9H13N3O3. The van der Waals surface area contributed by atoms with E-state index in [-0.39, 0.29) is 30.3 Å². The summed E-state index contributed by atoms with van der Waals surface area (Å²) in [4.78, 5) is 22.6. The van der Waals surface area contributed by atoms with Crippen LogP contribution >= 0.6 is 0 Å². The summed E-state index contributed by atoms with van der Waals surface area (Å²) in [5, 5.41) is 3.73. The molecule has 0 atom stereocenters. The van der Waals surface area contributed by atoms with Gasteiger partial charge in [0.1, 0.15) is 11.4 Å². The Bertz CT molecular complexity index is 384. The van der Waals surface area contributed by atoms with E-state index < -0.39 is 5.97 Å². The van der Waals surface area contributed by atoms with Crippen molar-refractivity contribution in [3.05, 3.63) is 11.8 Å². The number of nitrogen functional groups attached to an aromatic ring is 1. The lowest BCUT2D eigenvalue weighted by atomic mass is 10.3. The number of hydrogen-bond acceptors (Lipinski definition) is 5. The molecule has 0 amide bonds. The maximum Gasteiger partial charge on any atom is 0.343 e. The second-order valence-electron chi connectivity index (χ2n) is 2.82. The first kappa shape index (κ1) is 11.2. The standard InChI is InChI=1S/C9H13N3O3/c1-3-7(13)12-8(10)6(5-11-12)9(14)15-4-2/h5H,3-4,10H2,1-2H3. The Labute approximate surface area is 87.0 Å². The van der Waals surface area contributed by atoms with Gasteiger partial charge < -0.3 is 10.5 Å². The van der Waals surface area contributed by atoms with Gasteiger partial charge in [-0.05, 0) is 6.92 Å². The number of carbonyl (C=O) groups is 2. The second-order valence-corrected chi connectivity index (χ2v) is 2.82. The average molecular weight is 211 g/mol. The predicted molar refractivity (Wildman–Crippen MR) is 53.5 cm³/mol. The Balaban J connectivity index is 2.98. The van der Waals surface area contributed by atoms with Crippen LogP contribution in [0.3, 0.4) is 0 Å². The highest BCUT2D eigenvalue weighted by Gasteiger charge is 2.18. The molecule has 2 N–H and O–H groups in total. The SMILES string of the molecule is CCOC(=O)c1cnn(C(=O)CC)c1N. The zero-order chi connectivity index (χ0) is 11.4. The van der Waals surface area contributed by atoms with Gasteiger partial charge in [0.05, 0.1) is 12.8 Å². The molecule has 0 spiro atoms. The van der Waals surface area contributed by atoms with E-state index >= 15 is 0 Å². The number of anilines is 1. The maximum atomic E-state index is 11.3. The van der Waals surface area contributed by atoms with Crippen LogP contribution in [0.1, 0.15) is 35.4 Å². The molecule has 0 saturated heterocycles. The Morgan fingerprint density at radius 2 is 2.20 bits per heavy atom. The van der Waals surface area contributed by atoms with Crippen LogP contribution in [0.15, 0.2) is 6.20 Å². The lowest BCUT2D eigenvalue weighted by Crippen LogP contribution is -2.15. The Morgan fingerprint density at radius 3 is 2.73 bits per heavy atom. The number of nitrogens with zero attached hydrogens (tertiary/aromatic N) is 2. The fraction of sp³-hybridized carbons (Fsp3) is 0.444. The molecule has 6 heteroatoms. The third-order valence-electron chi connectivity index (χ3n) is 1.84. The lowest BCUT2D eigenvalue weighted by molar-refractivity contribution is 0.0527. The number of nitrogens with two attached hydrogens (primary N) is 1. The van der Waals surface area contributed by atoms with Gasteiger partial charge >= 0.3 is 5.97 Å². The first-order chi connectivity index (χ1) is 7.11. The summed E-state index contributed by atoms with van der Waals surface area (Å²) in [6.07, 6.45) is 1.51. The highest BCUT2D eigenvalue weighted by molar-refractivity contribution is 5.96. The van der Waals surface area contributed by atoms with Gasteiger partial charge in [0.15, 0.2) is 0 Å². The van der Waals surface area contributed by atoms with E-state index in [0.29, 0.717) is 0 Å². The molecule has 0 unspecified atom stereocenters. The van der Waals surface area contributed by atoms with Gasteiger partial charge in [-0.1, -0.05) is 6.92 Å². The number of rotatable bonds is 3. The molecule has 82 valence electrons. The van der Waals surface area contributed by atoms with Gasteiger partial charge in [-0.2, -0.15) is 9.78 Å². The van der Waals surface area contributed by atoms with Crippen molar-refractivity contribution in [1.82, 2.24) is 9.78 Å². The Morgan fingerprint density at radius 1 is 1.53 bits per heavy atom. The summed E-state index contributed by atoms with van der Waals surface area (Å²) in [7, 11) is 0. The molecule has 0 aliphatic carbocycles. The fourth-order valence-electron chi connectivity index (χ4n) is 1.07. The van der Waals surface area contributed by atoms with Crippen molar-refractivity contribution in [1.29, 1.82) is 0 Å². The first-order valence-corrected chi connectivity index (χ1v) is 4.65. The van der Waals surface area contributed by atoms with E-state index in [1.165, 1.54) is 6.20 Å². The summed E-state index contributed by atoms with van der Waals surface area (Å²) < 4.78 is 5.76. The van der Waals surface area contributed by atoms with Gasteiger partial charge in [0.2, 0.25) is 5.91 Å². The van der Waals surface area contributed by atoms with Gasteiger partial charge in [-0.25, -0.2) is 4.79 Å². The largest absolute Gasteiger partial charge is 0.462 e. The van der Waals surface area contributed by atoms with Crippen molar-refractivity contribution in [2.45, 2.75) is 20.3 Å². The molecule has 0 saturated carbocycles. The minimum absolute atomic E-state index is 0.0281. The van der Waals surface area contributed by atoms with Crippen molar-refractivity contribution in [2.24, 2.45) is 0 Å².